The predicted octanol–water partition coefficient (Wildman–Crippen LogP) is 4.24. The summed E-state index contributed by atoms with van der Waals surface area (Å²) >= 11 is 0. The fourth-order valence-electron chi connectivity index (χ4n) is 4.86. The number of imidazole rings is 1. The van der Waals surface area contributed by atoms with E-state index in [1.807, 2.05) is 24.7 Å². The lowest BCUT2D eigenvalue weighted by atomic mass is 10.0. The van der Waals surface area contributed by atoms with Crippen molar-refractivity contribution in [3.63, 3.8) is 0 Å². The van der Waals surface area contributed by atoms with Crippen LogP contribution < -0.4 is 5.32 Å². The first-order valence-electron chi connectivity index (χ1n) is 12.6. The van der Waals surface area contributed by atoms with Crippen LogP contribution in [0.4, 0.5) is 11.4 Å². The number of rotatable bonds is 4. The predicted molar refractivity (Wildman–Crippen MR) is 145 cm³/mol. The molecule has 0 radical (unpaired) electrons. The Bertz CT molecular complexity index is 1500. The minimum Gasteiger partial charge on any atom is -0.473 e. The van der Waals surface area contributed by atoms with Gasteiger partial charge in [0.1, 0.15) is 5.52 Å². The van der Waals surface area contributed by atoms with E-state index >= 15 is 0 Å². The van der Waals surface area contributed by atoms with Gasteiger partial charge in [0, 0.05) is 37.2 Å². The molecule has 4 aromatic rings. The maximum atomic E-state index is 9.10. The number of nitrogens with one attached hydrogen (secondary N) is 1. The van der Waals surface area contributed by atoms with E-state index < -0.39 is 11.9 Å². The SMILES string of the molecule is C1=CCN(Cc2ccc3c(c2)CCc2cc(Cn4cnc5cccnc54)ccc2N3)CC1.O=C(O)C(=O)O. The number of carboxylic acid groups (broad SMARTS) is 2. The summed E-state index contributed by atoms with van der Waals surface area (Å²) < 4.78 is 2.12. The zero-order valence-corrected chi connectivity index (χ0v) is 20.9. The van der Waals surface area contributed by atoms with Crippen molar-refractivity contribution >= 4 is 34.5 Å². The van der Waals surface area contributed by atoms with Crippen LogP contribution in [-0.2, 0) is 35.5 Å². The van der Waals surface area contributed by atoms with Gasteiger partial charge in [-0.15, -0.1) is 0 Å². The Kier molecular flexibility index (Phi) is 7.46. The van der Waals surface area contributed by atoms with Gasteiger partial charge in [-0.25, -0.2) is 19.6 Å². The summed E-state index contributed by atoms with van der Waals surface area (Å²) in [5, 5.41) is 18.5. The number of aryl methyl sites for hydroxylation is 2. The van der Waals surface area contributed by atoms with Crippen LogP contribution in [0.25, 0.3) is 11.2 Å². The number of hydrogen-bond donors (Lipinski definition) is 3. The third-order valence-corrected chi connectivity index (χ3v) is 6.73. The first-order valence-corrected chi connectivity index (χ1v) is 12.6. The molecule has 2 aliphatic rings. The highest BCUT2D eigenvalue weighted by atomic mass is 16.4. The topological polar surface area (TPSA) is 121 Å². The van der Waals surface area contributed by atoms with Crippen LogP contribution in [0.5, 0.6) is 0 Å². The summed E-state index contributed by atoms with van der Waals surface area (Å²) in [5.74, 6) is -3.65. The number of carboxylic acids is 2. The Balaban J connectivity index is 0.000000443. The fraction of sp³-hybridized carbons (Fsp3) is 0.241. The quantitative estimate of drug-likeness (QED) is 0.275. The number of hydrogen-bond acceptors (Lipinski definition) is 6. The molecule has 0 aliphatic carbocycles. The number of aromatic nitrogens is 3. The molecule has 0 bridgehead atoms. The van der Waals surface area contributed by atoms with Crippen molar-refractivity contribution < 1.29 is 19.8 Å². The summed E-state index contributed by atoms with van der Waals surface area (Å²) in [5.41, 5.74) is 9.81. The zero-order valence-electron chi connectivity index (χ0n) is 20.9. The largest absolute Gasteiger partial charge is 0.473 e. The van der Waals surface area contributed by atoms with Crippen molar-refractivity contribution in [2.24, 2.45) is 0 Å². The van der Waals surface area contributed by atoms with E-state index in [9.17, 15) is 0 Å². The molecule has 0 unspecified atom stereocenters. The number of carbonyl (C=O) groups is 2. The normalized spacial score (nSPS) is 14.4. The molecular weight excluding hydrogens is 482 g/mol. The third-order valence-electron chi connectivity index (χ3n) is 6.73. The molecule has 194 valence electrons. The first kappa shape index (κ1) is 25.2. The lowest BCUT2D eigenvalue weighted by Crippen LogP contribution is -2.26. The highest BCUT2D eigenvalue weighted by Crippen LogP contribution is 2.32. The molecule has 0 saturated heterocycles. The molecule has 6 rings (SSSR count). The van der Waals surface area contributed by atoms with Gasteiger partial charge in [0.25, 0.3) is 0 Å². The van der Waals surface area contributed by atoms with E-state index in [1.54, 1.807) is 0 Å². The molecule has 0 saturated carbocycles. The van der Waals surface area contributed by atoms with E-state index in [0.717, 1.165) is 56.6 Å². The van der Waals surface area contributed by atoms with Crippen molar-refractivity contribution in [1.29, 1.82) is 0 Å². The standard InChI is InChI=1S/C27H27N5.C2H2O4/c1-2-13-31(14-3-1)17-20-6-10-24-22(15-20)8-9-23-16-21(7-11-25(23)30-24)18-32-19-29-26-5-4-12-28-27(26)32;3-1(4)2(5)6/h1-2,4-7,10-12,15-16,19,30H,3,8-9,13-14,17-18H2;(H,3,4)(H,5,6). The number of nitrogens with zero attached hydrogens (tertiary/aromatic N) is 4. The Morgan fingerprint density at radius 2 is 1.55 bits per heavy atom. The maximum Gasteiger partial charge on any atom is 0.414 e. The van der Waals surface area contributed by atoms with Crippen LogP contribution in [0.1, 0.15) is 28.7 Å². The summed E-state index contributed by atoms with van der Waals surface area (Å²) in [6.07, 6.45) is 11.5. The zero-order chi connectivity index (χ0) is 26.5. The summed E-state index contributed by atoms with van der Waals surface area (Å²) in [4.78, 5) is 29.7. The second kappa shape index (κ2) is 11.3. The summed E-state index contributed by atoms with van der Waals surface area (Å²) in [6, 6.07) is 17.6. The average Bonchev–Trinajstić information content (AvgIpc) is 3.23. The van der Waals surface area contributed by atoms with Gasteiger partial charge in [-0.1, -0.05) is 36.4 Å². The van der Waals surface area contributed by atoms with Gasteiger partial charge in [-0.3, -0.25) is 4.90 Å². The fourth-order valence-corrected chi connectivity index (χ4v) is 4.86. The van der Waals surface area contributed by atoms with Gasteiger partial charge in [-0.05, 0) is 65.8 Å². The van der Waals surface area contributed by atoms with Crippen LogP contribution in [-0.4, -0.2) is 54.7 Å². The smallest absolute Gasteiger partial charge is 0.414 e. The Labute approximate surface area is 220 Å². The van der Waals surface area contributed by atoms with Crippen molar-refractivity contribution in [2.75, 3.05) is 18.4 Å². The molecular formula is C29H29N5O4. The van der Waals surface area contributed by atoms with Gasteiger partial charge in [0.2, 0.25) is 0 Å². The summed E-state index contributed by atoms with van der Waals surface area (Å²) in [7, 11) is 0. The van der Waals surface area contributed by atoms with Crippen LogP contribution >= 0.6 is 0 Å². The molecule has 9 heteroatoms. The molecule has 9 nitrogen and oxygen atoms in total. The van der Waals surface area contributed by atoms with E-state index in [4.69, 9.17) is 19.8 Å². The van der Waals surface area contributed by atoms with Crippen molar-refractivity contribution in [3.8, 4) is 0 Å². The minimum atomic E-state index is -1.82. The molecule has 0 amide bonds. The van der Waals surface area contributed by atoms with E-state index in [0.29, 0.717) is 0 Å². The molecule has 38 heavy (non-hydrogen) atoms. The van der Waals surface area contributed by atoms with Gasteiger partial charge >= 0.3 is 11.9 Å². The Morgan fingerprint density at radius 3 is 2.18 bits per heavy atom. The molecule has 2 aromatic heterocycles. The van der Waals surface area contributed by atoms with Crippen molar-refractivity contribution in [3.05, 3.63) is 95.5 Å². The van der Waals surface area contributed by atoms with Crippen molar-refractivity contribution in [1.82, 2.24) is 19.4 Å². The van der Waals surface area contributed by atoms with Crippen LogP contribution in [0.3, 0.4) is 0 Å². The highest BCUT2D eigenvalue weighted by molar-refractivity contribution is 6.27. The van der Waals surface area contributed by atoms with Gasteiger partial charge < -0.3 is 20.1 Å². The van der Waals surface area contributed by atoms with Crippen LogP contribution in [0, 0.1) is 0 Å². The van der Waals surface area contributed by atoms with E-state index in [-0.39, 0.29) is 0 Å². The molecule has 0 spiro atoms. The second-order valence-electron chi connectivity index (χ2n) is 9.43. The van der Waals surface area contributed by atoms with Gasteiger partial charge in [0.05, 0.1) is 12.9 Å². The highest BCUT2D eigenvalue weighted by Gasteiger charge is 2.15. The molecule has 0 fully saturated rings. The van der Waals surface area contributed by atoms with Crippen molar-refractivity contribution in [2.45, 2.75) is 32.4 Å². The minimum absolute atomic E-state index is 0.780. The lowest BCUT2D eigenvalue weighted by molar-refractivity contribution is -0.159. The monoisotopic (exact) mass is 511 g/mol. The van der Waals surface area contributed by atoms with E-state index in [1.165, 1.54) is 33.6 Å². The van der Waals surface area contributed by atoms with Gasteiger partial charge in [-0.2, -0.15) is 0 Å². The average molecular weight is 512 g/mol. The second-order valence-corrected chi connectivity index (χ2v) is 9.43. The Hall–Kier alpha value is -4.50. The van der Waals surface area contributed by atoms with Crippen LogP contribution in [0.2, 0.25) is 0 Å². The number of pyridine rings is 1. The third kappa shape index (κ3) is 5.90. The number of anilines is 2. The summed E-state index contributed by atoms with van der Waals surface area (Å²) in [6.45, 7) is 4.02. The molecule has 4 heterocycles. The molecule has 0 atom stereocenters. The lowest BCUT2D eigenvalue weighted by Gasteiger charge is -2.23. The van der Waals surface area contributed by atoms with Gasteiger partial charge in [0.15, 0.2) is 5.65 Å². The number of fused-ring (bicyclic) bond motifs is 3. The first-order chi connectivity index (χ1) is 18.5. The molecule has 2 aromatic carbocycles. The number of benzene rings is 2. The maximum absolute atomic E-state index is 9.10. The Morgan fingerprint density at radius 1 is 0.868 bits per heavy atom. The number of aliphatic carboxylic acids is 2. The molecule has 3 N–H and O–H groups in total. The van der Waals surface area contributed by atoms with Crippen LogP contribution in [0.15, 0.2) is 73.2 Å². The molecule has 2 aliphatic heterocycles. The van der Waals surface area contributed by atoms with E-state index in [2.05, 4.69) is 73.3 Å².